The second-order valence-corrected chi connectivity index (χ2v) is 8.44. The molecule has 2 aliphatic rings. The van der Waals surface area contributed by atoms with Crippen LogP contribution in [0.4, 0.5) is 10.5 Å². The van der Waals surface area contributed by atoms with E-state index in [1.165, 1.54) is 11.3 Å². The number of carbonyl (C=O) groups excluding carboxylic acids is 3. The van der Waals surface area contributed by atoms with E-state index in [1.54, 1.807) is 6.08 Å². The van der Waals surface area contributed by atoms with Crippen LogP contribution in [0.25, 0.3) is 6.08 Å². The van der Waals surface area contributed by atoms with Crippen molar-refractivity contribution in [3.63, 3.8) is 0 Å². The van der Waals surface area contributed by atoms with Crippen molar-refractivity contribution in [2.45, 2.75) is 65.5 Å². The molecule has 0 aliphatic carbocycles. The highest BCUT2D eigenvalue weighted by molar-refractivity contribution is 6.31. The molecule has 4 amide bonds. The van der Waals surface area contributed by atoms with Crippen LogP contribution in [0.1, 0.15) is 63.6 Å². The Kier molecular flexibility index (Phi) is 4.62. The zero-order chi connectivity index (χ0) is 20.1. The number of amides is 4. The van der Waals surface area contributed by atoms with E-state index < -0.39 is 17.8 Å². The SMILES string of the molecule is Cc1cc2c(cc1C=C1C(=O)NC(=O)NC1=O)[C@@H](C)CC(C)(C)N2C(C)C. The zero-order valence-electron chi connectivity index (χ0n) is 16.8. The Morgan fingerprint density at radius 1 is 1.15 bits per heavy atom. The fourth-order valence-electron chi connectivity index (χ4n) is 4.51. The van der Waals surface area contributed by atoms with Crippen LogP contribution in [-0.4, -0.2) is 29.4 Å². The molecule has 1 atom stereocenters. The number of benzene rings is 1. The molecule has 2 N–H and O–H groups in total. The van der Waals surface area contributed by atoms with Gasteiger partial charge in [0.05, 0.1) is 0 Å². The summed E-state index contributed by atoms with van der Waals surface area (Å²) >= 11 is 0. The van der Waals surface area contributed by atoms with Crippen LogP contribution in [0.2, 0.25) is 0 Å². The first-order chi connectivity index (χ1) is 12.5. The second-order valence-electron chi connectivity index (χ2n) is 8.44. The van der Waals surface area contributed by atoms with Gasteiger partial charge in [0.2, 0.25) is 0 Å². The number of aryl methyl sites for hydroxylation is 1. The van der Waals surface area contributed by atoms with Gasteiger partial charge in [-0.05, 0) is 81.9 Å². The lowest BCUT2D eigenvalue weighted by atomic mass is 9.78. The third-order valence-electron chi connectivity index (χ3n) is 5.42. The largest absolute Gasteiger partial charge is 0.364 e. The van der Waals surface area contributed by atoms with E-state index in [0.717, 1.165) is 17.5 Å². The Morgan fingerprint density at radius 3 is 2.30 bits per heavy atom. The summed E-state index contributed by atoms with van der Waals surface area (Å²) in [5, 5.41) is 4.23. The molecule has 0 bridgehead atoms. The second kappa shape index (κ2) is 6.51. The van der Waals surface area contributed by atoms with Crippen LogP contribution in [0.3, 0.4) is 0 Å². The molecule has 0 radical (unpaired) electrons. The Labute approximate surface area is 160 Å². The maximum absolute atomic E-state index is 12.0. The zero-order valence-corrected chi connectivity index (χ0v) is 16.8. The van der Waals surface area contributed by atoms with Crippen LogP contribution in [0.15, 0.2) is 17.7 Å². The number of imide groups is 2. The average Bonchev–Trinajstić information content (AvgIpc) is 2.50. The average molecular weight is 369 g/mol. The minimum absolute atomic E-state index is 0.0521. The standard InChI is InChI=1S/C21H27N3O3/c1-11(2)24-17-7-12(3)14(8-15(17)13(4)10-21(24,5)6)9-16-18(25)22-20(27)23-19(16)26/h7-9,11,13H,10H2,1-6H3,(H2,22,23,25,26,27)/t13-/m0/s1. The van der Waals surface area contributed by atoms with Gasteiger partial charge in [0.15, 0.2) is 0 Å². The number of hydrogen-bond acceptors (Lipinski definition) is 4. The maximum atomic E-state index is 12.0. The number of nitrogens with zero attached hydrogens (tertiary/aromatic N) is 1. The monoisotopic (exact) mass is 369 g/mol. The quantitative estimate of drug-likeness (QED) is 0.620. The Balaban J connectivity index is 2.11. The highest BCUT2D eigenvalue weighted by Gasteiger charge is 2.38. The third kappa shape index (κ3) is 3.36. The van der Waals surface area contributed by atoms with Gasteiger partial charge in [-0.1, -0.05) is 6.92 Å². The van der Waals surface area contributed by atoms with Crippen molar-refractivity contribution in [2.24, 2.45) is 0 Å². The van der Waals surface area contributed by atoms with Crippen molar-refractivity contribution in [3.8, 4) is 0 Å². The van der Waals surface area contributed by atoms with Gasteiger partial charge in [0.25, 0.3) is 11.8 Å². The number of anilines is 1. The Hall–Kier alpha value is -2.63. The number of fused-ring (bicyclic) bond motifs is 1. The van der Waals surface area contributed by atoms with E-state index in [9.17, 15) is 14.4 Å². The van der Waals surface area contributed by atoms with Crippen molar-refractivity contribution in [3.05, 3.63) is 34.4 Å². The van der Waals surface area contributed by atoms with Gasteiger partial charge in [-0.15, -0.1) is 0 Å². The lowest BCUT2D eigenvalue weighted by Gasteiger charge is -2.50. The third-order valence-corrected chi connectivity index (χ3v) is 5.42. The van der Waals surface area contributed by atoms with E-state index in [-0.39, 0.29) is 11.1 Å². The molecule has 2 aliphatic heterocycles. The van der Waals surface area contributed by atoms with Gasteiger partial charge < -0.3 is 4.90 Å². The molecule has 27 heavy (non-hydrogen) atoms. The number of hydrogen-bond donors (Lipinski definition) is 2. The molecule has 0 aromatic heterocycles. The summed E-state index contributed by atoms with van der Waals surface area (Å²) in [7, 11) is 0. The Morgan fingerprint density at radius 2 is 1.74 bits per heavy atom. The normalized spacial score (nSPS) is 21.7. The first-order valence-corrected chi connectivity index (χ1v) is 9.33. The fourth-order valence-corrected chi connectivity index (χ4v) is 4.51. The van der Waals surface area contributed by atoms with Crippen LogP contribution in [-0.2, 0) is 9.59 Å². The first kappa shape index (κ1) is 19.1. The molecular formula is C21H27N3O3. The van der Waals surface area contributed by atoms with Crippen LogP contribution < -0.4 is 15.5 Å². The van der Waals surface area contributed by atoms with E-state index >= 15 is 0 Å². The van der Waals surface area contributed by atoms with Gasteiger partial charge in [0.1, 0.15) is 5.57 Å². The predicted molar refractivity (Wildman–Crippen MR) is 106 cm³/mol. The molecule has 1 aromatic rings. The van der Waals surface area contributed by atoms with E-state index in [1.807, 2.05) is 6.92 Å². The molecule has 0 saturated carbocycles. The molecule has 6 heteroatoms. The summed E-state index contributed by atoms with van der Waals surface area (Å²) in [6.07, 6.45) is 2.59. The summed E-state index contributed by atoms with van der Waals surface area (Å²) < 4.78 is 0. The molecule has 144 valence electrons. The topological polar surface area (TPSA) is 78.5 Å². The van der Waals surface area contributed by atoms with Gasteiger partial charge >= 0.3 is 6.03 Å². The van der Waals surface area contributed by atoms with Crippen molar-refractivity contribution in [1.29, 1.82) is 0 Å². The molecule has 1 saturated heterocycles. The summed E-state index contributed by atoms with van der Waals surface area (Å²) in [5.41, 5.74) is 4.22. The van der Waals surface area contributed by atoms with Gasteiger partial charge in [-0.25, -0.2) is 4.79 Å². The number of carbonyl (C=O) groups is 3. The van der Waals surface area contributed by atoms with Crippen LogP contribution in [0.5, 0.6) is 0 Å². The van der Waals surface area contributed by atoms with Crippen LogP contribution >= 0.6 is 0 Å². The lowest BCUT2D eigenvalue weighted by Crippen LogP contribution is -2.52. The molecule has 1 aromatic carbocycles. The lowest BCUT2D eigenvalue weighted by molar-refractivity contribution is -0.123. The number of nitrogens with one attached hydrogen (secondary N) is 2. The molecule has 0 spiro atoms. The highest BCUT2D eigenvalue weighted by atomic mass is 16.2. The predicted octanol–water partition coefficient (Wildman–Crippen LogP) is 3.25. The van der Waals surface area contributed by atoms with E-state index in [2.05, 4.69) is 62.3 Å². The van der Waals surface area contributed by atoms with Gasteiger partial charge in [-0.2, -0.15) is 0 Å². The van der Waals surface area contributed by atoms with Crippen molar-refractivity contribution in [1.82, 2.24) is 10.6 Å². The Bertz CT molecular complexity index is 846. The number of urea groups is 1. The summed E-state index contributed by atoms with van der Waals surface area (Å²) in [5.74, 6) is -0.976. The summed E-state index contributed by atoms with van der Waals surface area (Å²) in [6, 6.07) is 3.79. The van der Waals surface area contributed by atoms with Crippen LogP contribution in [0, 0.1) is 6.92 Å². The molecule has 1 fully saturated rings. The fraction of sp³-hybridized carbons (Fsp3) is 0.476. The molecule has 0 unspecified atom stereocenters. The molecular weight excluding hydrogens is 342 g/mol. The molecule has 2 heterocycles. The smallest absolute Gasteiger partial charge is 0.328 e. The van der Waals surface area contributed by atoms with Crippen molar-refractivity contribution in [2.75, 3.05) is 4.90 Å². The minimum Gasteiger partial charge on any atom is -0.364 e. The molecule has 6 nitrogen and oxygen atoms in total. The highest BCUT2D eigenvalue weighted by Crippen LogP contribution is 2.45. The van der Waals surface area contributed by atoms with E-state index in [4.69, 9.17) is 0 Å². The maximum Gasteiger partial charge on any atom is 0.328 e. The van der Waals surface area contributed by atoms with Gasteiger partial charge in [0, 0.05) is 17.3 Å². The molecule has 3 rings (SSSR count). The van der Waals surface area contributed by atoms with Gasteiger partial charge in [-0.3, -0.25) is 20.2 Å². The first-order valence-electron chi connectivity index (χ1n) is 9.33. The number of rotatable bonds is 2. The van der Waals surface area contributed by atoms with E-state index in [0.29, 0.717) is 12.0 Å². The number of barbiturate groups is 1. The summed E-state index contributed by atoms with van der Waals surface area (Å²) in [4.78, 5) is 37.8. The summed E-state index contributed by atoms with van der Waals surface area (Å²) in [6.45, 7) is 13.1. The van der Waals surface area contributed by atoms with Crippen molar-refractivity contribution < 1.29 is 14.4 Å². The minimum atomic E-state index is -0.784. The van der Waals surface area contributed by atoms with Crippen molar-refractivity contribution >= 4 is 29.6 Å².